The van der Waals surface area contributed by atoms with Gasteiger partial charge in [0.15, 0.2) is 5.13 Å². The van der Waals surface area contributed by atoms with Gasteiger partial charge in [0.2, 0.25) is 0 Å². The molecule has 1 aromatic heterocycles. The first kappa shape index (κ1) is 10.5. The summed E-state index contributed by atoms with van der Waals surface area (Å²) in [6.07, 6.45) is 2.87. The van der Waals surface area contributed by atoms with Crippen LogP contribution in [-0.2, 0) is 0 Å². The van der Waals surface area contributed by atoms with Crippen LogP contribution < -0.4 is 10.6 Å². The maximum atomic E-state index is 5.49. The minimum Gasteiger partial charge on any atom is -0.346 e. The minimum atomic E-state index is 0.498. The van der Waals surface area contributed by atoms with Crippen molar-refractivity contribution in [1.29, 1.82) is 0 Å². The smallest absolute Gasteiger partial charge is 0.185 e. The Balaban J connectivity index is 2.58. The molecule has 0 saturated carbocycles. The van der Waals surface area contributed by atoms with Crippen LogP contribution in [-0.4, -0.2) is 24.1 Å². The molecule has 3 nitrogen and oxygen atoms in total. The van der Waals surface area contributed by atoms with Crippen molar-refractivity contribution in [3.63, 3.8) is 0 Å². The monoisotopic (exact) mass is 199 g/mol. The quantitative estimate of drug-likeness (QED) is 0.785. The average molecular weight is 199 g/mol. The third-order valence-electron chi connectivity index (χ3n) is 1.89. The molecular formula is C9H17N3S. The molecule has 1 rings (SSSR count). The van der Waals surface area contributed by atoms with E-state index in [4.69, 9.17) is 5.73 Å². The highest BCUT2D eigenvalue weighted by Crippen LogP contribution is 2.19. The Hall–Kier alpha value is -0.610. The molecule has 2 N–H and O–H groups in total. The lowest BCUT2D eigenvalue weighted by Gasteiger charge is -2.25. The second kappa shape index (κ2) is 5.19. The molecule has 0 unspecified atom stereocenters. The molecule has 0 aliphatic rings. The van der Waals surface area contributed by atoms with Gasteiger partial charge in [0.05, 0.1) is 0 Å². The number of rotatable bonds is 5. The van der Waals surface area contributed by atoms with E-state index in [0.717, 1.165) is 24.6 Å². The van der Waals surface area contributed by atoms with Gasteiger partial charge in [-0.1, -0.05) is 0 Å². The van der Waals surface area contributed by atoms with E-state index in [1.165, 1.54) is 0 Å². The SMILES string of the molecule is CC(C)N(CCCN)c1nccs1. The number of nitrogens with two attached hydrogens (primary N) is 1. The standard InChI is InChI=1S/C9H17N3S/c1-8(2)12(6-3-4-10)9-11-5-7-13-9/h5,7-8H,3-4,6,10H2,1-2H3. The highest BCUT2D eigenvalue weighted by Gasteiger charge is 2.11. The molecular weight excluding hydrogens is 182 g/mol. The summed E-state index contributed by atoms with van der Waals surface area (Å²) in [6.45, 7) is 6.10. The van der Waals surface area contributed by atoms with Crippen molar-refractivity contribution in [1.82, 2.24) is 4.98 Å². The summed E-state index contributed by atoms with van der Waals surface area (Å²) >= 11 is 1.68. The van der Waals surface area contributed by atoms with Gasteiger partial charge in [-0.15, -0.1) is 11.3 Å². The van der Waals surface area contributed by atoms with Gasteiger partial charge in [0.25, 0.3) is 0 Å². The summed E-state index contributed by atoms with van der Waals surface area (Å²) in [5.74, 6) is 0. The molecule has 13 heavy (non-hydrogen) atoms. The second-order valence-corrected chi connectivity index (χ2v) is 4.12. The number of aromatic nitrogens is 1. The average Bonchev–Trinajstić information content (AvgIpc) is 2.57. The van der Waals surface area contributed by atoms with Crippen molar-refractivity contribution in [3.8, 4) is 0 Å². The Labute approximate surface area is 83.6 Å². The molecule has 0 spiro atoms. The van der Waals surface area contributed by atoms with Crippen molar-refractivity contribution in [2.45, 2.75) is 26.3 Å². The topological polar surface area (TPSA) is 42.1 Å². The summed E-state index contributed by atoms with van der Waals surface area (Å²) in [7, 11) is 0. The second-order valence-electron chi connectivity index (χ2n) is 3.24. The number of nitrogens with zero attached hydrogens (tertiary/aromatic N) is 2. The Morgan fingerprint density at radius 3 is 2.85 bits per heavy atom. The van der Waals surface area contributed by atoms with E-state index in [0.29, 0.717) is 6.04 Å². The van der Waals surface area contributed by atoms with Gasteiger partial charge < -0.3 is 10.6 Å². The Kier molecular flexibility index (Phi) is 4.18. The molecule has 0 aromatic carbocycles. The lowest BCUT2D eigenvalue weighted by molar-refractivity contribution is 0.655. The maximum absolute atomic E-state index is 5.49. The highest BCUT2D eigenvalue weighted by molar-refractivity contribution is 7.13. The van der Waals surface area contributed by atoms with E-state index in [2.05, 4.69) is 23.7 Å². The lowest BCUT2D eigenvalue weighted by Crippen LogP contribution is -2.32. The first-order valence-corrected chi connectivity index (χ1v) is 5.50. The molecule has 0 radical (unpaired) electrons. The molecule has 4 heteroatoms. The Bertz CT molecular complexity index is 221. The molecule has 0 atom stereocenters. The van der Waals surface area contributed by atoms with Gasteiger partial charge in [-0.25, -0.2) is 4.98 Å². The van der Waals surface area contributed by atoms with Crippen molar-refractivity contribution < 1.29 is 0 Å². The van der Waals surface area contributed by atoms with E-state index < -0.39 is 0 Å². The van der Waals surface area contributed by atoms with E-state index in [1.54, 1.807) is 11.3 Å². The number of thiazole rings is 1. The minimum absolute atomic E-state index is 0.498. The zero-order valence-corrected chi connectivity index (χ0v) is 9.05. The summed E-state index contributed by atoms with van der Waals surface area (Å²) < 4.78 is 0. The molecule has 0 amide bonds. The summed E-state index contributed by atoms with van der Waals surface area (Å²) in [5, 5.41) is 3.11. The van der Waals surface area contributed by atoms with Gasteiger partial charge in [0, 0.05) is 24.2 Å². The Morgan fingerprint density at radius 2 is 2.38 bits per heavy atom. The zero-order valence-electron chi connectivity index (χ0n) is 8.23. The largest absolute Gasteiger partial charge is 0.346 e. The predicted octanol–water partition coefficient (Wildman–Crippen LogP) is 1.71. The fourth-order valence-electron chi connectivity index (χ4n) is 1.19. The normalized spacial score (nSPS) is 10.8. The van der Waals surface area contributed by atoms with Crippen LogP contribution in [0.2, 0.25) is 0 Å². The molecule has 0 bridgehead atoms. The Morgan fingerprint density at radius 1 is 1.62 bits per heavy atom. The zero-order chi connectivity index (χ0) is 9.68. The fourth-order valence-corrected chi connectivity index (χ4v) is 2.00. The van der Waals surface area contributed by atoms with Crippen molar-refractivity contribution in [3.05, 3.63) is 11.6 Å². The summed E-state index contributed by atoms with van der Waals surface area (Å²) in [5.41, 5.74) is 5.49. The van der Waals surface area contributed by atoms with Crippen LogP contribution in [0.5, 0.6) is 0 Å². The van der Waals surface area contributed by atoms with Crippen LogP contribution in [0, 0.1) is 0 Å². The van der Waals surface area contributed by atoms with Crippen LogP contribution in [0.25, 0.3) is 0 Å². The first-order chi connectivity index (χ1) is 6.25. The predicted molar refractivity (Wildman–Crippen MR) is 58.3 cm³/mol. The number of hydrogen-bond donors (Lipinski definition) is 1. The summed E-state index contributed by atoms with van der Waals surface area (Å²) in [6, 6.07) is 0.498. The number of anilines is 1. The molecule has 0 fully saturated rings. The van der Waals surface area contributed by atoms with Crippen molar-refractivity contribution in [2.24, 2.45) is 5.73 Å². The van der Waals surface area contributed by atoms with Gasteiger partial charge in [-0.2, -0.15) is 0 Å². The molecule has 74 valence electrons. The van der Waals surface area contributed by atoms with E-state index in [1.807, 2.05) is 11.6 Å². The van der Waals surface area contributed by atoms with Crippen LogP contribution >= 0.6 is 11.3 Å². The maximum Gasteiger partial charge on any atom is 0.185 e. The van der Waals surface area contributed by atoms with E-state index >= 15 is 0 Å². The van der Waals surface area contributed by atoms with E-state index in [9.17, 15) is 0 Å². The van der Waals surface area contributed by atoms with Gasteiger partial charge in [-0.05, 0) is 26.8 Å². The molecule has 1 aromatic rings. The van der Waals surface area contributed by atoms with E-state index in [-0.39, 0.29) is 0 Å². The van der Waals surface area contributed by atoms with Crippen LogP contribution in [0.15, 0.2) is 11.6 Å². The summed E-state index contributed by atoms with van der Waals surface area (Å²) in [4.78, 5) is 6.58. The van der Waals surface area contributed by atoms with Gasteiger partial charge in [-0.3, -0.25) is 0 Å². The third-order valence-corrected chi connectivity index (χ3v) is 2.70. The van der Waals surface area contributed by atoms with Crippen molar-refractivity contribution in [2.75, 3.05) is 18.0 Å². The van der Waals surface area contributed by atoms with Gasteiger partial charge in [0.1, 0.15) is 0 Å². The van der Waals surface area contributed by atoms with Crippen LogP contribution in [0.1, 0.15) is 20.3 Å². The molecule has 1 heterocycles. The first-order valence-electron chi connectivity index (χ1n) is 4.62. The third kappa shape index (κ3) is 2.97. The van der Waals surface area contributed by atoms with Crippen LogP contribution in [0.4, 0.5) is 5.13 Å². The van der Waals surface area contributed by atoms with Gasteiger partial charge >= 0.3 is 0 Å². The lowest BCUT2D eigenvalue weighted by atomic mass is 10.3. The number of hydrogen-bond acceptors (Lipinski definition) is 4. The molecule has 0 saturated heterocycles. The molecule has 0 aliphatic carbocycles. The van der Waals surface area contributed by atoms with Crippen LogP contribution in [0.3, 0.4) is 0 Å². The van der Waals surface area contributed by atoms with Crippen molar-refractivity contribution >= 4 is 16.5 Å². The fraction of sp³-hybridized carbons (Fsp3) is 0.667. The highest BCUT2D eigenvalue weighted by atomic mass is 32.1. The molecule has 0 aliphatic heterocycles.